The highest BCUT2D eigenvalue weighted by atomic mass is 19.2. The van der Waals surface area contributed by atoms with Gasteiger partial charge in [0.1, 0.15) is 6.17 Å². The van der Waals surface area contributed by atoms with Crippen LogP contribution in [0.5, 0.6) is 0 Å². The summed E-state index contributed by atoms with van der Waals surface area (Å²) in [6, 6.07) is -0.252. The molecule has 0 N–H and O–H groups in total. The Morgan fingerprint density at radius 3 is 2.69 bits per heavy atom. The fraction of sp³-hybridized carbons (Fsp3) is 0.556. The molecule has 0 spiro atoms. The summed E-state index contributed by atoms with van der Waals surface area (Å²) in [5.74, 6) is 0. The van der Waals surface area contributed by atoms with Gasteiger partial charge in [-0.3, -0.25) is 4.90 Å². The number of nitrogens with zero attached hydrogens (tertiary/aromatic N) is 2. The smallest absolute Gasteiger partial charge is 0.125 e. The van der Waals surface area contributed by atoms with Crippen LogP contribution in [0.2, 0.25) is 0 Å². The summed E-state index contributed by atoms with van der Waals surface area (Å²) >= 11 is 0. The first-order chi connectivity index (χ1) is 6.25. The van der Waals surface area contributed by atoms with Gasteiger partial charge < -0.3 is 0 Å². The fourth-order valence-electron chi connectivity index (χ4n) is 1.58. The molecule has 2 nitrogen and oxygen atoms in total. The SMILES string of the molecule is FC1CN(CC2C=CC=CN2F)C1. The molecule has 1 fully saturated rings. The van der Waals surface area contributed by atoms with E-state index >= 15 is 0 Å². The number of halogens is 2. The first-order valence-electron chi connectivity index (χ1n) is 4.41. The fourth-order valence-corrected chi connectivity index (χ4v) is 1.58. The average Bonchev–Trinajstić information content (AvgIpc) is 2.06. The van der Waals surface area contributed by atoms with Crippen molar-refractivity contribution in [2.45, 2.75) is 12.2 Å². The van der Waals surface area contributed by atoms with Crippen LogP contribution >= 0.6 is 0 Å². The lowest BCUT2D eigenvalue weighted by molar-refractivity contribution is 0.00137. The molecule has 1 atom stereocenters. The second kappa shape index (κ2) is 3.46. The molecule has 0 bridgehead atoms. The molecular formula is C9H12F2N2. The van der Waals surface area contributed by atoms with Gasteiger partial charge in [0.15, 0.2) is 0 Å². The Kier molecular flexibility index (Phi) is 2.31. The molecule has 0 aromatic carbocycles. The highest BCUT2D eigenvalue weighted by Gasteiger charge is 2.29. The molecule has 2 heterocycles. The van der Waals surface area contributed by atoms with Gasteiger partial charge in [0, 0.05) is 25.8 Å². The maximum Gasteiger partial charge on any atom is 0.125 e. The van der Waals surface area contributed by atoms with Gasteiger partial charge >= 0.3 is 0 Å². The van der Waals surface area contributed by atoms with E-state index in [9.17, 15) is 8.87 Å². The minimum atomic E-state index is -0.712. The molecule has 1 saturated heterocycles. The third kappa shape index (κ3) is 1.88. The molecule has 2 rings (SSSR count). The van der Waals surface area contributed by atoms with E-state index in [1.54, 1.807) is 12.2 Å². The summed E-state index contributed by atoms with van der Waals surface area (Å²) in [7, 11) is 0. The average molecular weight is 186 g/mol. The van der Waals surface area contributed by atoms with E-state index < -0.39 is 6.17 Å². The van der Waals surface area contributed by atoms with E-state index in [4.69, 9.17) is 0 Å². The van der Waals surface area contributed by atoms with Crippen LogP contribution in [-0.4, -0.2) is 41.9 Å². The zero-order chi connectivity index (χ0) is 9.26. The van der Waals surface area contributed by atoms with E-state index in [0.29, 0.717) is 24.8 Å². The maximum atomic E-state index is 13.0. The number of alkyl halides is 1. The van der Waals surface area contributed by atoms with E-state index in [1.165, 1.54) is 6.20 Å². The van der Waals surface area contributed by atoms with Gasteiger partial charge in [-0.15, -0.1) is 0 Å². The predicted octanol–water partition coefficient (Wildman–Crippen LogP) is 1.28. The third-order valence-electron chi connectivity index (χ3n) is 2.35. The summed E-state index contributed by atoms with van der Waals surface area (Å²) in [5.41, 5.74) is 0. The van der Waals surface area contributed by atoms with Crippen LogP contribution in [-0.2, 0) is 0 Å². The second-order valence-electron chi connectivity index (χ2n) is 3.45. The van der Waals surface area contributed by atoms with Gasteiger partial charge in [-0.1, -0.05) is 16.6 Å². The number of hydrogen-bond donors (Lipinski definition) is 0. The topological polar surface area (TPSA) is 6.48 Å². The van der Waals surface area contributed by atoms with E-state index in [1.807, 2.05) is 11.0 Å². The van der Waals surface area contributed by atoms with Crippen LogP contribution in [0.15, 0.2) is 24.4 Å². The van der Waals surface area contributed by atoms with Crippen molar-refractivity contribution < 1.29 is 8.87 Å². The Labute approximate surface area is 76.1 Å². The molecular weight excluding hydrogens is 174 g/mol. The lowest BCUT2D eigenvalue weighted by Gasteiger charge is -2.37. The molecule has 0 saturated carbocycles. The third-order valence-corrected chi connectivity index (χ3v) is 2.35. The van der Waals surface area contributed by atoms with E-state index in [0.717, 1.165) is 0 Å². The molecule has 72 valence electrons. The molecule has 2 aliphatic heterocycles. The molecule has 13 heavy (non-hydrogen) atoms. The summed E-state index contributed by atoms with van der Waals surface area (Å²) in [5, 5.41) is 0.658. The Bertz CT molecular complexity index is 234. The summed E-state index contributed by atoms with van der Waals surface area (Å²) in [6.45, 7) is 1.46. The van der Waals surface area contributed by atoms with Crippen LogP contribution in [0.4, 0.5) is 8.87 Å². The predicted molar refractivity (Wildman–Crippen MR) is 46.4 cm³/mol. The van der Waals surface area contributed by atoms with Crippen LogP contribution in [0.25, 0.3) is 0 Å². The van der Waals surface area contributed by atoms with Crippen molar-refractivity contribution in [2.24, 2.45) is 0 Å². The minimum Gasteiger partial charge on any atom is -0.295 e. The number of allylic oxidation sites excluding steroid dienone is 2. The van der Waals surface area contributed by atoms with Gasteiger partial charge in [0.05, 0.1) is 6.04 Å². The largest absolute Gasteiger partial charge is 0.295 e. The van der Waals surface area contributed by atoms with Crippen molar-refractivity contribution in [1.29, 1.82) is 0 Å². The van der Waals surface area contributed by atoms with Crippen molar-refractivity contribution in [1.82, 2.24) is 10.0 Å². The van der Waals surface area contributed by atoms with Gasteiger partial charge in [0.2, 0.25) is 0 Å². The number of hydrogen-bond acceptors (Lipinski definition) is 2. The van der Waals surface area contributed by atoms with Crippen molar-refractivity contribution in [3.63, 3.8) is 0 Å². The van der Waals surface area contributed by atoms with Crippen LogP contribution in [0.1, 0.15) is 0 Å². The van der Waals surface area contributed by atoms with Crippen LogP contribution in [0.3, 0.4) is 0 Å². The summed E-state index contributed by atoms with van der Waals surface area (Å²) in [4.78, 5) is 1.91. The summed E-state index contributed by atoms with van der Waals surface area (Å²) < 4.78 is 25.5. The van der Waals surface area contributed by atoms with Crippen molar-refractivity contribution in [2.75, 3.05) is 19.6 Å². The number of likely N-dealkylation sites (tertiary alicyclic amines) is 1. The molecule has 0 aromatic heterocycles. The van der Waals surface area contributed by atoms with Gasteiger partial charge in [0.25, 0.3) is 0 Å². The molecule has 1 unspecified atom stereocenters. The molecule has 0 aliphatic carbocycles. The first-order valence-corrected chi connectivity index (χ1v) is 4.41. The lowest BCUT2D eigenvalue weighted by Crippen LogP contribution is -2.52. The Hall–Kier alpha value is -0.900. The Balaban J connectivity index is 1.81. The first kappa shape index (κ1) is 8.69. The second-order valence-corrected chi connectivity index (χ2v) is 3.45. The van der Waals surface area contributed by atoms with Crippen molar-refractivity contribution in [3.05, 3.63) is 24.4 Å². The van der Waals surface area contributed by atoms with Crippen LogP contribution < -0.4 is 0 Å². The molecule has 0 aromatic rings. The molecule has 2 aliphatic rings. The highest BCUT2D eigenvalue weighted by Crippen LogP contribution is 2.16. The van der Waals surface area contributed by atoms with Gasteiger partial charge in [-0.05, 0) is 6.08 Å². The lowest BCUT2D eigenvalue weighted by atomic mass is 10.1. The zero-order valence-electron chi connectivity index (χ0n) is 7.24. The van der Waals surface area contributed by atoms with Gasteiger partial charge in [-0.25, -0.2) is 9.51 Å². The Morgan fingerprint density at radius 1 is 1.31 bits per heavy atom. The van der Waals surface area contributed by atoms with Gasteiger partial charge in [-0.2, -0.15) is 0 Å². The van der Waals surface area contributed by atoms with Crippen molar-refractivity contribution >= 4 is 0 Å². The number of rotatable bonds is 2. The monoisotopic (exact) mass is 186 g/mol. The molecule has 4 heteroatoms. The van der Waals surface area contributed by atoms with Crippen molar-refractivity contribution in [3.8, 4) is 0 Å². The molecule has 0 amide bonds. The standard InChI is InChI=1S/C9H12F2N2/c10-8-5-12(6-8)7-9-3-1-2-4-13(9)11/h1-4,8-9H,5-7H2. The van der Waals surface area contributed by atoms with Crippen LogP contribution in [0, 0.1) is 0 Å². The van der Waals surface area contributed by atoms with E-state index in [-0.39, 0.29) is 6.04 Å². The Morgan fingerprint density at radius 2 is 2.08 bits per heavy atom. The normalized spacial score (nSPS) is 29.4. The highest BCUT2D eigenvalue weighted by molar-refractivity contribution is 5.12. The quantitative estimate of drug-likeness (QED) is 0.599. The zero-order valence-corrected chi connectivity index (χ0v) is 7.24. The summed E-state index contributed by atoms with van der Waals surface area (Å²) in [6.07, 6.45) is 5.91. The molecule has 0 radical (unpaired) electrons. The minimum absolute atomic E-state index is 0.252. The van der Waals surface area contributed by atoms with E-state index in [2.05, 4.69) is 0 Å². The maximum absolute atomic E-state index is 13.0.